The molecule has 0 radical (unpaired) electrons. The summed E-state index contributed by atoms with van der Waals surface area (Å²) in [6, 6.07) is 1.71. The summed E-state index contributed by atoms with van der Waals surface area (Å²) in [6.07, 6.45) is 2.35. The highest BCUT2D eigenvalue weighted by atomic mass is 32.2. The summed E-state index contributed by atoms with van der Waals surface area (Å²) >= 11 is 1.68. The molecule has 0 aromatic carbocycles. The van der Waals surface area contributed by atoms with Crippen molar-refractivity contribution in [2.24, 2.45) is 0 Å². The van der Waals surface area contributed by atoms with Crippen molar-refractivity contribution in [3.63, 3.8) is 0 Å². The zero-order chi connectivity index (χ0) is 8.55. The minimum atomic E-state index is -0.901. The van der Waals surface area contributed by atoms with E-state index >= 15 is 0 Å². The maximum atomic E-state index is 10.6. The summed E-state index contributed by atoms with van der Waals surface area (Å²) in [7, 11) is 0. The Bertz CT molecular complexity index is 338. The fourth-order valence-electron chi connectivity index (χ4n) is 1.18. The average Bonchev–Trinajstić information content (AvgIpc) is 2.49. The molecule has 3 nitrogen and oxygen atoms in total. The molecule has 0 saturated carbocycles. The molecule has 2 rings (SSSR count). The van der Waals surface area contributed by atoms with E-state index in [1.54, 1.807) is 17.8 Å². The maximum absolute atomic E-state index is 10.6. The van der Waals surface area contributed by atoms with E-state index in [0.717, 1.165) is 22.8 Å². The molecule has 2 heterocycles. The Balaban J connectivity index is 2.45. The van der Waals surface area contributed by atoms with Gasteiger partial charge in [0.25, 0.3) is 0 Å². The predicted octanol–water partition coefficient (Wildman–Crippen LogP) is 1.43. The van der Waals surface area contributed by atoms with Gasteiger partial charge >= 0.3 is 5.97 Å². The molecule has 4 heteroatoms. The fraction of sp³-hybridized carbons (Fsp3) is 0.250. The highest BCUT2D eigenvalue weighted by Gasteiger charge is 2.14. The van der Waals surface area contributed by atoms with Crippen LogP contribution in [0.3, 0.4) is 0 Å². The van der Waals surface area contributed by atoms with Gasteiger partial charge in [-0.1, -0.05) is 0 Å². The standard InChI is InChI=1S/C8H7NO2S/c10-8(11)6-3-5-1-2-12-7(5)9-4-6/h3-4H,1-2H2,(H,10,11). The first-order valence-electron chi connectivity index (χ1n) is 3.62. The number of aryl methyl sites for hydroxylation is 1. The van der Waals surface area contributed by atoms with Crippen molar-refractivity contribution in [1.82, 2.24) is 4.98 Å². The molecule has 0 atom stereocenters. The summed E-state index contributed by atoms with van der Waals surface area (Å²) in [5.41, 5.74) is 1.36. The Morgan fingerprint density at radius 2 is 2.50 bits per heavy atom. The second kappa shape index (κ2) is 2.79. The van der Waals surface area contributed by atoms with Gasteiger partial charge in [-0.3, -0.25) is 0 Å². The third-order valence-corrected chi connectivity index (χ3v) is 2.83. The summed E-state index contributed by atoms with van der Waals surface area (Å²) < 4.78 is 0. The number of carboxylic acid groups (broad SMARTS) is 1. The Morgan fingerprint density at radius 1 is 1.67 bits per heavy atom. The number of fused-ring (bicyclic) bond motifs is 1. The first-order valence-corrected chi connectivity index (χ1v) is 4.61. The zero-order valence-electron chi connectivity index (χ0n) is 6.28. The van der Waals surface area contributed by atoms with Gasteiger partial charge in [0.1, 0.15) is 0 Å². The largest absolute Gasteiger partial charge is 0.478 e. The number of aromatic nitrogens is 1. The summed E-state index contributed by atoms with van der Waals surface area (Å²) in [5.74, 6) is 0.119. The molecule has 0 saturated heterocycles. The van der Waals surface area contributed by atoms with Crippen LogP contribution in [-0.2, 0) is 6.42 Å². The van der Waals surface area contributed by atoms with Crippen LogP contribution < -0.4 is 0 Å². The third-order valence-electron chi connectivity index (χ3n) is 1.78. The highest BCUT2D eigenvalue weighted by molar-refractivity contribution is 7.99. The van der Waals surface area contributed by atoms with Crippen molar-refractivity contribution in [3.8, 4) is 0 Å². The quantitative estimate of drug-likeness (QED) is 0.712. The van der Waals surface area contributed by atoms with Crippen LogP contribution >= 0.6 is 11.8 Å². The number of carbonyl (C=O) groups is 1. The van der Waals surface area contributed by atoms with Crippen LogP contribution in [0.2, 0.25) is 0 Å². The topological polar surface area (TPSA) is 50.2 Å². The van der Waals surface area contributed by atoms with Crippen molar-refractivity contribution < 1.29 is 9.90 Å². The zero-order valence-corrected chi connectivity index (χ0v) is 7.10. The third kappa shape index (κ3) is 1.18. The second-order valence-electron chi connectivity index (χ2n) is 2.59. The Hall–Kier alpha value is -1.03. The van der Waals surface area contributed by atoms with Gasteiger partial charge in [0.05, 0.1) is 10.6 Å². The van der Waals surface area contributed by atoms with E-state index in [2.05, 4.69) is 4.98 Å². The molecule has 1 aliphatic heterocycles. The second-order valence-corrected chi connectivity index (χ2v) is 3.68. The van der Waals surface area contributed by atoms with E-state index < -0.39 is 5.97 Å². The van der Waals surface area contributed by atoms with Crippen LogP contribution in [0.15, 0.2) is 17.3 Å². The lowest BCUT2D eigenvalue weighted by Crippen LogP contribution is -1.98. The molecular formula is C8H7NO2S. The number of nitrogens with zero attached hydrogens (tertiary/aromatic N) is 1. The Labute approximate surface area is 73.8 Å². The van der Waals surface area contributed by atoms with E-state index in [0.29, 0.717) is 0 Å². The molecule has 0 bridgehead atoms. The average molecular weight is 181 g/mol. The minimum absolute atomic E-state index is 0.288. The van der Waals surface area contributed by atoms with Crippen molar-refractivity contribution in [2.75, 3.05) is 5.75 Å². The van der Waals surface area contributed by atoms with E-state index in [1.807, 2.05) is 0 Å². The number of rotatable bonds is 1. The van der Waals surface area contributed by atoms with Crippen LogP contribution in [0.25, 0.3) is 0 Å². The van der Waals surface area contributed by atoms with Crippen LogP contribution in [0.4, 0.5) is 0 Å². The normalized spacial score (nSPS) is 14.3. The van der Waals surface area contributed by atoms with Crippen molar-refractivity contribution in [3.05, 3.63) is 23.4 Å². The molecule has 1 N–H and O–H groups in total. The van der Waals surface area contributed by atoms with Crippen molar-refractivity contribution >= 4 is 17.7 Å². The van der Waals surface area contributed by atoms with E-state index in [1.165, 1.54) is 6.20 Å². The number of thioether (sulfide) groups is 1. The summed E-state index contributed by atoms with van der Waals surface area (Å²) in [4.78, 5) is 14.6. The van der Waals surface area contributed by atoms with Gasteiger partial charge in [-0.15, -0.1) is 11.8 Å². The molecule has 1 aromatic heterocycles. The Kier molecular flexibility index (Phi) is 1.77. The number of hydrogen-bond donors (Lipinski definition) is 1. The highest BCUT2D eigenvalue weighted by Crippen LogP contribution is 2.29. The van der Waals surface area contributed by atoms with Crippen molar-refractivity contribution in [1.29, 1.82) is 0 Å². The number of pyridine rings is 1. The van der Waals surface area contributed by atoms with Gasteiger partial charge in [-0.05, 0) is 18.1 Å². The number of hydrogen-bond acceptors (Lipinski definition) is 3. The predicted molar refractivity (Wildman–Crippen MR) is 45.6 cm³/mol. The number of carboxylic acids is 1. The van der Waals surface area contributed by atoms with Gasteiger partial charge in [-0.25, -0.2) is 9.78 Å². The van der Waals surface area contributed by atoms with Gasteiger partial charge in [0, 0.05) is 11.9 Å². The molecular weight excluding hydrogens is 174 g/mol. The lowest BCUT2D eigenvalue weighted by Gasteiger charge is -1.97. The fourth-order valence-corrected chi connectivity index (χ4v) is 2.17. The Morgan fingerprint density at radius 3 is 3.25 bits per heavy atom. The van der Waals surface area contributed by atoms with E-state index in [-0.39, 0.29) is 5.56 Å². The van der Waals surface area contributed by atoms with Gasteiger partial charge in [0.2, 0.25) is 0 Å². The van der Waals surface area contributed by atoms with E-state index in [4.69, 9.17) is 5.11 Å². The van der Waals surface area contributed by atoms with Crippen molar-refractivity contribution in [2.45, 2.75) is 11.4 Å². The van der Waals surface area contributed by atoms with Crippen LogP contribution in [-0.4, -0.2) is 21.8 Å². The lowest BCUT2D eigenvalue weighted by atomic mass is 10.2. The van der Waals surface area contributed by atoms with Crippen LogP contribution in [0.1, 0.15) is 15.9 Å². The monoisotopic (exact) mass is 181 g/mol. The summed E-state index contributed by atoms with van der Waals surface area (Å²) in [6.45, 7) is 0. The summed E-state index contributed by atoms with van der Waals surface area (Å²) in [5, 5.41) is 9.66. The molecule has 1 aliphatic rings. The minimum Gasteiger partial charge on any atom is -0.478 e. The molecule has 0 amide bonds. The molecule has 0 aliphatic carbocycles. The first-order chi connectivity index (χ1) is 5.77. The molecule has 0 fully saturated rings. The van der Waals surface area contributed by atoms with Crippen LogP contribution in [0, 0.1) is 0 Å². The van der Waals surface area contributed by atoms with Gasteiger partial charge in [-0.2, -0.15) is 0 Å². The van der Waals surface area contributed by atoms with E-state index in [9.17, 15) is 4.79 Å². The van der Waals surface area contributed by atoms with Gasteiger partial charge < -0.3 is 5.11 Å². The lowest BCUT2D eigenvalue weighted by molar-refractivity contribution is 0.0696. The number of aromatic carboxylic acids is 1. The smallest absolute Gasteiger partial charge is 0.337 e. The maximum Gasteiger partial charge on any atom is 0.337 e. The molecule has 62 valence electrons. The van der Waals surface area contributed by atoms with Crippen LogP contribution in [0.5, 0.6) is 0 Å². The molecule has 0 unspecified atom stereocenters. The molecule has 1 aromatic rings. The van der Waals surface area contributed by atoms with Gasteiger partial charge in [0.15, 0.2) is 0 Å². The first kappa shape index (κ1) is 7.61. The molecule has 0 spiro atoms. The SMILES string of the molecule is O=C(O)c1cnc2c(c1)CCS2. The molecule has 12 heavy (non-hydrogen) atoms.